The molecule has 0 aliphatic carbocycles. The maximum Gasteiger partial charge on any atom is 0.222 e. The number of aromatic hydroxyl groups is 1. The number of hydrogen-bond donors (Lipinski definition) is 1. The lowest BCUT2D eigenvalue weighted by atomic mass is 10.1. The number of amides is 1. The first-order chi connectivity index (χ1) is 13.5. The summed E-state index contributed by atoms with van der Waals surface area (Å²) in [4.78, 5) is 16.6. The Kier molecular flexibility index (Phi) is 9.02. The van der Waals surface area contributed by atoms with Gasteiger partial charge in [-0.1, -0.05) is 48.9 Å². The third-order valence-electron chi connectivity index (χ3n) is 5.25. The number of phenolic OH excluding ortho intramolecular Hbond substituents is 1. The van der Waals surface area contributed by atoms with Crippen LogP contribution in [0.25, 0.3) is 0 Å². The molecular weight excluding hydrogens is 348 g/mol. The van der Waals surface area contributed by atoms with Crippen LogP contribution in [0, 0.1) is 6.92 Å². The average Bonchev–Trinajstić information content (AvgIpc) is 2.71. The van der Waals surface area contributed by atoms with Gasteiger partial charge in [0.25, 0.3) is 0 Å². The van der Waals surface area contributed by atoms with E-state index in [0.717, 1.165) is 44.6 Å². The number of benzene rings is 2. The highest BCUT2D eigenvalue weighted by Gasteiger charge is 2.11. The first kappa shape index (κ1) is 22.0. The molecule has 0 aliphatic rings. The largest absolute Gasteiger partial charge is 0.508 e. The number of nitrogens with zero attached hydrogens (tertiary/aromatic N) is 2. The van der Waals surface area contributed by atoms with Gasteiger partial charge in [0.2, 0.25) is 5.91 Å². The van der Waals surface area contributed by atoms with E-state index in [1.54, 1.807) is 12.1 Å². The summed E-state index contributed by atoms with van der Waals surface area (Å²) in [5.74, 6) is 0.429. The molecule has 0 aromatic heterocycles. The van der Waals surface area contributed by atoms with E-state index in [4.69, 9.17) is 0 Å². The molecule has 0 aliphatic heterocycles. The van der Waals surface area contributed by atoms with Gasteiger partial charge in [-0.3, -0.25) is 4.79 Å². The molecule has 0 atom stereocenters. The summed E-state index contributed by atoms with van der Waals surface area (Å²) in [6, 6.07) is 15.8. The second-order valence-corrected chi connectivity index (χ2v) is 7.51. The first-order valence-corrected chi connectivity index (χ1v) is 10.3. The first-order valence-electron chi connectivity index (χ1n) is 10.3. The van der Waals surface area contributed by atoms with E-state index < -0.39 is 0 Å². The van der Waals surface area contributed by atoms with Gasteiger partial charge in [-0.25, -0.2) is 0 Å². The molecule has 0 fully saturated rings. The maximum atomic E-state index is 12.4. The normalized spacial score (nSPS) is 11.0. The molecule has 28 heavy (non-hydrogen) atoms. The molecule has 2 aromatic rings. The van der Waals surface area contributed by atoms with Crippen molar-refractivity contribution in [1.82, 2.24) is 9.80 Å². The van der Waals surface area contributed by atoms with Gasteiger partial charge in [0.1, 0.15) is 5.75 Å². The van der Waals surface area contributed by atoms with Crippen LogP contribution < -0.4 is 0 Å². The monoisotopic (exact) mass is 382 g/mol. The highest BCUT2D eigenvalue weighted by Crippen LogP contribution is 2.12. The summed E-state index contributed by atoms with van der Waals surface area (Å²) >= 11 is 0. The Balaban J connectivity index is 1.66. The van der Waals surface area contributed by atoms with Gasteiger partial charge >= 0.3 is 0 Å². The second-order valence-electron chi connectivity index (χ2n) is 7.51. The Bertz CT molecular complexity index is 710. The van der Waals surface area contributed by atoms with Crippen LogP contribution in [-0.2, 0) is 17.6 Å². The lowest BCUT2D eigenvalue weighted by molar-refractivity contribution is -0.130. The van der Waals surface area contributed by atoms with Crippen molar-refractivity contribution in [3.63, 3.8) is 0 Å². The fraction of sp³-hybridized carbons (Fsp3) is 0.458. The number of carbonyl (C=O) groups is 1. The van der Waals surface area contributed by atoms with Crippen LogP contribution in [0.5, 0.6) is 5.75 Å². The van der Waals surface area contributed by atoms with Crippen molar-refractivity contribution in [3.05, 3.63) is 65.2 Å². The molecule has 0 spiro atoms. The van der Waals surface area contributed by atoms with Crippen LogP contribution in [0.15, 0.2) is 48.5 Å². The summed E-state index contributed by atoms with van der Waals surface area (Å²) in [5, 5.41) is 9.33. The van der Waals surface area contributed by atoms with Gasteiger partial charge in [0, 0.05) is 26.6 Å². The number of rotatable bonds is 11. The van der Waals surface area contributed by atoms with Gasteiger partial charge in [0.15, 0.2) is 0 Å². The van der Waals surface area contributed by atoms with Crippen molar-refractivity contribution in [2.24, 2.45) is 0 Å². The Morgan fingerprint density at radius 1 is 0.893 bits per heavy atom. The van der Waals surface area contributed by atoms with E-state index in [1.165, 1.54) is 11.1 Å². The molecule has 0 bridgehead atoms. The number of phenols is 1. The topological polar surface area (TPSA) is 43.8 Å². The van der Waals surface area contributed by atoms with E-state index in [9.17, 15) is 9.90 Å². The van der Waals surface area contributed by atoms with Crippen molar-refractivity contribution in [2.45, 2.75) is 39.5 Å². The molecule has 0 saturated carbocycles. The molecule has 0 unspecified atom stereocenters. The van der Waals surface area contributed by atoms with Crippen molar-refractivity contribution >= 4 is 5.91 Å². The molecule has 0 saturated heterocycles. The molecule has 4 heteroatoms. The molecule has 1 amide bonds. The Hall–Kier alpha value is -2.33. The van der Waals surface area contributed by atoms with Crippen LogP contribution >= 0.6 is 0 Å². The van der Waals surface area contributed by atoms with Crippen LogP contribution in [0.3, 0.4) is 0 Å². The molecule has 1 N–H and O–H groups in total. The van der Waals surface area contributed by atoms with Gasteiger partial charge in [-0.2, -0.15) is 0 Å². The summed E-state index contributed by atoms with van der Waals surface area (Å²) in [6.45, 7) is 8.02. The molecule has 152 valence electrons. The second kappa shape index (κ2) is 11.5. The summed E-state index contributed by atoms with van der Waals surface area (Å²) in [7, 11) is 1.89. The molecule has 2 aromatic carbocycles. The minimum absolute atomic E-state index is 0.170. The van der Waals surface area contributed by atoms with Gasteiger partial charge in [0.05, 0.1) is 0 Å². The number of aryl methyl sites for hydroxylation is 3. The fourth-order valence-corrected chi connectivity index (χ4v) is 3.21. The lowest BCUT2D eigenvalue weighted by Crippen LogP contribution is -2.37. The third kappa shape index (κ3) is 7.73. The molecule has 0 radical (unpaired) electrons. The minimum Gasteiger partial charge on any atom is -0.508 e. The molecule has 2 rings (SSSR count). The summed E-state index contributed by atoms with van der Waals surface area (Å²) in [5.41, 5.74) is 3.77. The highest BCUT2D eigenvalue weighted by atomic mass is 16.3. The Morgan fingerprint density at radius 3 is 2.14 bits per heavy atom. The lowest BCUT2D eigenvalue weighted by Gasteiger charge is -2.24. The van der Waals surface area contributed by atoms with E-state index in [0.29, 0.717) is 12.8 Å². The van der Waals surface area contributed by atoms with Gasteiger partial charge in [-0.05, 0) is 62.5 Å². The predicted octanol–water partition coefficient (Wildman–Crippen LogP) is 4.05. The van der Waals surface area contributed by atoms with Crippen LogP contribution in [0.2, 0.25) is 0 Å². The molecule has 4 nitrogen and oxygen atoms in total. The zero-order valence-corrected chi connectivity index (χ0v) is 17.5. The number of carbonyl (C=O) groups excluding carboxylic acids is 1. The Morgan fingerprint density at radius 2 is 1.50 bits per heavy atom. The number of likely N-dealkylation sites (N-methyl/N-ethyl adjacent to an activating group) is 2. The van der Waals surface area contributed by atoms with Crippen LogP contribution in [-0.4, -0.2) is 54.0 Å². The van der Waals surface area contributed by atoms with E-state index >= 15 is 0 Å². The van der Waals surface area contributed by atoms with Crippen molar-refractivity contribution in [2.75, 3.05) is 33.2 Å². The maximum absolute atomic E-state index is 12.4. The molecule has 0 heterocycles. The van der Waals surface area contributed by atoms with Crippen LogP contribution in [0.4, 0.5) is 0 Å². The predicted molar refractivity (Wildman–Crippen MR) is 116 cm³/mol. The van der Waals surface area contributed by atoms with Gasteiger partial charge < -0.3 is 14.9 Å². The zero-order chi connectivity index (χ0) is 20.4. The fourth-order valence-electron chi connectivity index (χ4n) is 3.21. The minimum atomic E-state index is 0.170. The van der Waals surface area contributed by atoms with E-state index in [-0.39, 0.29) is 11.7 Å². The quantitative estimate of drug-likeness (QED) is 0.638. The SMILES string of the molecule is CCN(CCCc1ccc(C)cc1)CCN(C)C(=O)CCc1ccc(O)cc1. The Labute approximate surface area is 169 Å². The van der Waals surface area contributed by atoms with Crippen molar-refractivity contribution < 1.29 is 9.90 Å². The summed E-state index contributed by atoms with van der Waals surface area (Å²) < 4.78 is 0. The van der Waals surface area contributed by atoms with E-state index in [1.807, 2.05) is 24.1 Å². The zero-order valence-electron chi connectivity index (χ0n) is 17.5. The highest BCUT2D eigenvalue weighted by molar-refractivity contribution is 5.76. The van der Waals surface area contributed by atoms with Crippen molar-refractivity contribution in [3.8, 4) is 5.75 Å². The van der Waals surface area contributed by atoms with Crippen molar-refractivity contribution in [1.29, 1.82) is 0 Å². The standard InChI is InChI=1S/C24H34N2O2/c1-4-26(17-5-6-21-9-7-20(2)8-10-21)19-18-25(3)24(28)16-13-22-11-14-23(27)15-12-22/h7-12,14-15,27H,4-6,13,16-19H2,1-3H3. The average molecular weight is 383 g/mol. The number of hydrogen-bond acceptors (Lipinski definition) is 3. The van der Waals surface area contributed by atoms with E-state index in [2.05, 4.69) is 43.0 Å². The smallest absolute Gasteiger partial charge is 0.222 e. The molecular formula is C24H34N2O2. The third-order valence-corrected chi connectivity index (χ3v) is 5.25. The van der Waals surface area contributed by atoms with Crippen LogP contribution in [0.1, 0.15) is 36.5 Å². The summed E-state index contributed by atoms with van der Waals surface area (Å²) in [6.07, 6.45) is 3.44. The van der Waals surface area contributed by atoms with Gasteiger partial charge in [-0.15, -0.1) is 0 Å².